The number of rotatable bonds is 2. The molecule has 0 bridgehead atoms. The molecule has 0 saturated carbocycles. The minimum absolute atomic E-state index is 0.247. The van der Waals surface area contributed by atoms with Crippen molar-refractivity contribution in [3.8, 4) is 0 Å². The van der Waals surface area contributed by atoms with Crippen LogP contribution in [0.1, 0.15) is 23.2 Å². The number of carboxylic acid groups (broad SMARTS) is 1. The van der Waals surface area contributed by atoms with Gasteiger partial charge in [0.15, 0.2) is 5.13 Å². The number of benzene rings is 1. The fourth-order valence-electron chi connectivity index (χ4n) is 2.51. The number of carboxylic acids is 1. The van der Waals surface area contributed by atoms with Gasteiger partial charge in [-0.1, -0.05) is 11.3 Å². The standard InChI is InChI=1S/C13H13N3O3S/c14-13-15-8-4-3-7(6-10(8)20-13)11(17)16-5-1-2-9(16)12(18)19/h3-4,6,9H,1-2,5H2,(H2,14,15)(H,18,19). The summed E-state index contributed by atoms with van der Waals surface area (Å²) in [6.45, 7) is 0.485. The molecule has 1 aromatic heterocycles. The van der Waals surface area contributed by atoms with Gasteiger partial charge in [-0.3, -0.25) is 4.79 Å². The van der Waals surface area contributed by atoms with Gasteiger partial charge in [-0.2, -0.15) is 0 Å². The Hall–Kier alpha value is -2.15. The zero-order valence-electron chi connectivity index (χ0n) is 10.6. The van der Waals surface area contributed by atoms with Gasteiger partial charge in [0.2, 0.25) is 0 Å². The number of likely N-dealkylation sites (tertiary alicyclic amines) is 1. The summed E-state index contributed by atoms with van der Waals surface area (Å²) < 4.78 is 0.833. The maximum atomic E-state index is 12.4. The van der Waals surface area contributed by atoms with Crippen molar-refractivity contribution in [2.75, 3.05) is 12.3 Å². The average molecular weight is 291 g/mol. The van der Waals surface area contributed by atoms with Gasteiger partial charge in [0.05, 0.1) is 10.2 Å². The quantitative estimate of drug-likeness (QED) is 0.875. The van der Waals surface area contributed by atoms with Crippen LogP contribution < -0.4 is 5.73 Å². The van der Waals surface area contributed by atoms with Crippen molar-refractivity contribution in [2.24, 2.45) is 0 Å². The molecule has 1 aliphatic heterocycles. The van der Waals surface area contributed by atoms with E-state index in [0.29, 0.717) is 23.7 Å². The third kappa shape index (κ3) is 2.09. The molecular weight excluding hydrogens is 278 g/mol. The molecule has 1 unspecified atom stereocenters. The smallest absolute Gasteiger partial charge is 0.326 e. The maximum Gasteiger partial charge on any atom is 0.326 e. The summed E-state index contributed by atoms with van der Waals surface area (Å²) in [4.78, 5) is 29.1. The van der Waals surface area contributed by atoms with E-state index in [0.717, 1.165) is 16.6 Å². The van der Waals surface area contributed by atoms with E-state index in [1.807, 2.05) is 0 Å². The number of nitrogens with two attached hydrogens (primary N) is 1. The summed E-state index contributed by atoms with van der Waals surface area (Å²) in [6.07, 6.45) is 1.23. The summed E-state index contributed by atoms with van der Waals surface area (Å²) in [5.74, 6) is -1.19. The third-order valence-corrected chi connectivity index (χ3v) is 4.30. The zero-order valence-corrected chi connectivity index (χ0v) is 11.4. The summed E-state index contributed by atoms with van der Waals surface area (Å²) in [7, 11) is 0. The van der Waals surface area contributed by atoms with E-state index in [1.165, 1.54) is 16.2 Å². The summed E-state index contributed by atoms with van der Waals surface area (Å²) in [5, 5.41) is 9.59. The number of nitrogens with zero attached hydrogens (tertiary/aromatic N) is 2. The molecule has 1 aliphatic rings. The predicted octanol–water partition coefficient (Wildman–Crippen LogP) is 1.57. The third-order valence-electron chi connectivity index (χ3n) is 3.45. The van der Waals surface area contributed by atoms with Crippen molar-refractivity contribution in [3.63, 3.8) is 0 Å². The molecule has 1 amide bonds. The first-order chi connectivity index (χ1) is 9.56. The van der Waals surface area contributed by atoms with Crippen LogP contribution >= 0.6 is 11.3 Å². The van der Waals surface area contributed by atoms with E-state index in [9.17, 15) is 9.59 Å². The van der Waals surface area contributed by atoms with Crippen molar-refractivity contribution < 1.29 is 14.7 Å². The van der Waals surface area contributed by atoms with Crippen LogP contribution in [0.2, 0.25) is 0 Å². The molecular formula is C13H13N3O3S. The second-order valence-electron chi connectivity index (χ2n) is 4.73. The predicted molar refractivity (Wildman–Crippen MR) is 75.7 cm³/mol. The zero-order chi connectivity index (χ0) is 14.3. The van der Waals surface area contributed by atoms with Gasteiger partial charge in [0.1, 0.15) is 6.04 Å². The Morgan fingerprint density at radius 2 is 2.25 bits per heavy atom. The highest BCUT2D eigenvalue weighted by Crippen LogP contribution is 2.26. The molecule has 7 heteroatoms. The van der Waals surface area contributed by atoms with E-state index < -0.39 is 12.0 Å². The fourth-order valence-corrected chi connectivity index (χ4v) is 3.28. The number of thiazole rings is 1. The van der Waals surface area contributed by atoms with Crippen LogP contribution in [0.15, 0.2) is 18.2 Å². The molecule has 0 radical (unpaired) electrons. The molecule has 20 heavy (non-hydrogen) atoms. The lowest BCUT2D eigenvalue weighted by Gasteiger charge is -2.21. The highest BCUT2D eigenvalue weighted by molar-refractivity contribution is 7.22. The Bertz CT molecular complexity index is 697. The number of anilines is 1. The first kappa shape index (κ1) is 12.9. The number of carbonyl (C=O) groups is 2. The Kier molecular flexibility index (Phi) is 3.06. The molecule has 1 aromatic carbocycles. The normalized spacial score (nSPS) is 18.6. The van der Waals surface area contributed by atoms with Crippen LogP contribution in [0.5, 0.6) is 0 Å². The number of hydrogen-bond donors (Lipinski definition) is 2. The Labute approximate surface area is 118 Å². The van der Waals surface area contributed by atoms with Gasteiger partial charge in [0, 0.05) is 12.1 Å². The molecule has 104 valence electrons. The van der Waals surface area contributed by atoms with Crippen LogP contribution in [0.25, 0.3) is 10.2 Å². The Morgan fingerprint density at radius 1 is 1.45 bits per heavy atom. The lowest BCUT2D eigenvalue weighted by atomic mass is 10.1. The van der Waals surface area contributed by atoms with Gasteiger partial charge in [-0.15, -0.1) is 0 Å². The molecule has 3 N–H and O–H groups in total. The minimum atomic E-state index is -0.945. The highest BCUT2D eigenvalue weighted by atomic mass is 32.1. The van der Waals surface area contributed by atoms with E-state index in [-0.39, 0.29) is 5.91 Å². The topological polar surface area (TPSA) is 96.5 Å². The molecule has 3 rings (SSSR count). The first-order valence-corrected chi connectivity index (χ1v) is 7.08. The number of aromatic nitrogens is 1. The summed E-state index contributed by atoms with van der Waals surface area (Å²) in [5.41, 5.74) is 6.87. The second-order valence-corrected chi connectivity index (χ2v) is 5.79. The molecule has 1 fully saturated rings. The lowest BCUT2D eigenvalue weighted by molar-refractivity contribution is -0.141. The fraction of sp³-hybridized carbons (Fsp3) is 0.308. The van der Waals surface area contributed by atoms with Crippen molar-refractivity contribution in [3.05, 3.63) is 23.8 Å². The number of aliphatic carboxylic acids is 1. The van der Waals surface area contributed by atoms with Crippen LogP contribution in [-0.4, -0.2) is 39.5 Å². The second kappa shape index (κ2) is 4.75. The number of nitrogen functional groups attached to an aromatic ring is 1. The summed E-state index contributed by atoms with van der Waals surface area (Å²) in [6, 6.07) is 4.41. The first-order valence-electron chi connectivity index (χ1n) is 6.26. The number of fused-ring (bicyclic) bond motifs is 1. The molecule has 1 saturated heterocycles. The van der Waals surface area contributed by atoms with E-state index in [4.69, 9.17) is 10.8 Å². The molecule has 2 aromatic rings. The minimum Gasteiger partial charge on any atom is -0.480 e. The molecule has 6 nitrogen and oxygen atoms in total. The van der Waals surface area contributed by atoms with Gasteiger partial charge in [-0.05, 0) is 31.0 Å². The molecule has 2 heterocycles. The molecule has 1 atom stereocenters. The van der Waals surface area contributed by atoms with E-state index in [1.54, 1.807) is 18.2 Å². The maximum absolute atomic E-state index is 12.4. The molecule has 0 spiro atoms. The van der Waals surface area contributed by atoms with Crippen molar-refractivity contribution in [1.29, 1.82) is 0 Å². The number of amides is 1. The van der Waals surface area contributed by atoms with Crippen LogP contribution in [-0.2, 0) is 4.79 Å². The average Bonchev–Trinajstić information content (AvgIpc) is 3.01. The van der Waals surface area contributed by atoms with E-state index in [2.05, 4.69) is 4.98 Å². The largest absolute Gasteiger partial charge is 0.480 e. The monoisotopic (exact) mass is 291 g/mol. The van der Waals surface area contributed by atoms with Crippen molar-refractivity contribution in [2.45, 2.75) is 18.9 Å². The number of carbonyl (C=O) groups excluding carboxylic acids is 1. The number of hydrogen-bond acceptors (Lipinski definition) is 5. The lowest BCUT2D eigenvalue weighted by Crippen LogP contribution is -2.40. The van der Waals surface area contributed by atoms with E-state index >= 15 is 0 Å². The Morgan fingerprint density at radius 3 is 3.00 bits per heavy atom. The molecule has 0 aliphatic carbocycles. The van der Waals surface area contributed by atoms with Crippen molar-refractivity contribution in [1.82, 2.24) is 9.88 Å². The Balaban J connectivity index is 1.93. The van der Waals surface area contributed by atoms with Crippen LogP contribution in [0.3, 0.4) is 0 Å². The van der Waals surface area contributed by atoms with Crippen molar-refractivity contribution >= 4 is 38.6 Å². The van der Waals surface area contributed by atoms with Gasteiger partial charge < -0.3 is 15.7 Å². The van der Waals surface area contributed by atoms with Crippen LogP contribution in [0, 0.1) is 0 Å². The SMILES string of the molecule is Nc1nc2ccc(C(=O)N3CCCC3C(=O)O)cc2s1. The van der Waals surface area contributed by atoms with Crippen LogP contribution in [0.4, 0.5) is 5.13 Å². The summed E-state index contributed by atoms with van der Waals surface area (Å²) >= 11 is 1.31. The van der Waals surface area contributed by atoms with Gasteiger partial charge in [-0.25, -0.2) is 9.78 Å². The van der Waals surface area contributed by atoms with Gasteiger partial charge in [0.25, 0.3) is 5.91 Å². The van der Waals surface area contributed by atoms with Gasteiger partial charge >= 0.3 is 5.97 Å². The highest BCUT2D eigenvalue weighted by Gasteiger charge is 2.34.